The molecule has 0 aliphatic rings. The largest absolute Gasteiger partial charge is 0.383 e. The van der Waals surface area contributed by atoms with Gasteiger partial charge in [0, 0.05) is 29.8 Å². The Hall–Kier alpha value is -2.24. The number of aryl methyl sites for hydroxylation is 1. The second-order valence-corrected chi connectivity index (χ2v) is 6.80. The molecule has 0 aliphatic heterocycles. The van der Waals surface area contributed by atoms with E-state index in [0.717, 1.165) is 26.1 Å². The van der Waals surface area contributed by atoms with Crippen molar-refractivity contribution in [3.05, 3.63) is 63.4 Å². The molecule has 0 unspecified atom stereocenters. The van der Waals surface area contributed by atoms with Gasteiger partial charge in [0.05, 0.1) is 6.61 Å². The van der Waals surface area contributed by atoms with Gasteiger partial charge in [-0.25, -0.2) is 0 Å². The van der Waals surface area contributed by atoms with Crippen LogP contribution in [-0.2, 0) is 11.3 Å². The summed E-state index contributed by atoms with van der Waals surface area (Å²) in [6.07, 6.45) is 0. The number of carbonyl (C=O) groups is 1. The lowest BCUT2D eigenvalue weighted by Gasteiger charge is -2.05. The molecule has 1 aromatic heterocycles. The van der Waals surface area contributed by atoms with E-state index in [1.807, 2.05) is 60.9 Å². The maximum atomic E-state index is 12.8. The first-order valence-electron chi connectivity index (χ1n) is 7.84. The Bertz CT molecular complexity index is 948. The summed E-state index contributed by atoms with van der Waals surface area (Å²) in [6.45, 7) is 5.37. The summed E-state index contributed by atoms with van der Waals surface area (Å²) in [7, 11) is 1.67. The number of benzene rings is 2. The smallest absolute Gasteiger partial charge is 0.280 e. The predicted molar refractivity (Wildman–Crippen MR) is 97.5 cm³/mol. The molecule has 124 valence electrons. The van der Waals surface area contributed by atoms with Crippen LogP contribution in [0.1, 0.15) is 20.9 Å². The molecule has 2 aromatic carbocycles. The number of amides is 1. The number of thiazole rings is 1. The molecule has 5 heteroatoms. The van der Waals surface area contributed by atoms with Crippen LogP contribution in [0.3, 0.4) is 0 Å². The number of ether oxygens (including phenoxy) is 1. The zero-order valence-electron chi connectivity index (χ0n) is 14.1. The molecule has 0 atom stereocenters. The van der Waals surface area contributed by atoms with Gasteiger partial charge in [-0.15, -0.1) is 11.3 Å². The fourth-order valence-corrected chi connectivity index (χ4v) is 3.69. The van der Waals surface area contributed by atoms with Crippen LogP contribution in [0, 0.1) is 13.8 Å². The van der Waals surface area contributed by atoms with Crippen molar-refractivity contribution < 1.29 is 9.53 Å². The Morgan fingerprint density at radius 3 is 2.71 bits per heavy atom. The third-order valence-corrected chi connectivity index (χ3v) is 5.22. The molecule has 1 heterocycles. The van der Waals surface area contributed by atoms with Crippen LogP contribution in [0.25, 0.3) is 10.8 Å². The number of methoxy groups -OCH3 is 1. The Morgan fingerprint density at radius 1 is 1.17 bits per heavy atom. The molecule has 0 N–H and O–H groups in total. The van der Waals surface area contributed by atoms with Crippen LogP contribution in [0.5, 0.6) is 0 Å². The van der Waals surface area contributed by atoms with Crippen LogP contribution in [0.4, 0.5) is 0 Å². The quantitative estimate of drug-likeness (QED) is 0.727. The third-order valence-electron chi connectivity index (χ3n) is 4.13. The molecule has 0 spiro atoms. The van der Waals surface area contributed by atoms with Crippen molar-refractivity contribution in [3.63, 3.8) is 0 Å². The number of carbonyl (C=O) groups excluding carboxylic acids is 1. The van der Waals surface area contributed by atoms with E-state index in [0.29, 0.717) is 18.7 Å². The van der Waals surface area contributed by atoms with Gasteiger partial charge in [0.1, 0.15) is 0 Å². The first-order valence-corrected chi connectivity index (χ1v) is 8.66. The average Bonchev–Trinajstić information content (AvgIpc) is 2.86. The molecule has 0 bridgehead atoms. The minimum Gasteiger partial charge on any atom is -0.383 e. The van der Waals surface area contributed by atoms with Gasteiger partial charge in [-0.05, 0) is 30.7 Å². The molecular formula is C19H20N2O2S. The average molecular weight is 340 g/mol. The minimum atomic E-state index is -0.209. The fourth-order valence-electron chi connectivity index (χ4n) is 2.69. The standard InChI is InChI=1S/C19H20N2O2S/c1-13-14(2)24-19(21(13)11-12-23-3)20-18(22)17-10-6-8-15-7-4-5-9-16(15)17/h4-10H,11-12H2,1-3H3. The van der Waals surface area contributed by atoms with Gasteiger partial charge in [-0.1, -0.05) is 36.4 Å². The molecule has 0 radical (unpaired) electrons. The SMILES string of the molecule is COCCn1c(C)c(C)sc1=NC(=O)c1cccc2ccccc12. The third kappa shape index (κ3) is 3.18. The normalized spacial score (nSPS) is 12.0. The van der Waals surface area contributed by atoms with E-state index in [1.165, 1.54) is 11.3 Å². The minimum absolute atomic E-state index is 0.209. The molecule has 1 amide bonds. The highest BCUT2D eigenvalue weighted by molar-refractivity contribution is 7.09. The summed E-state index contributed by atoms with van der Waals surface area (Å²) in [5.41, 5.74) is 1.76. The summed E-state index contributed by atoms with van der Waals surface area (Å²) >= 11 is 1.54. The Kier molecular flexibility index (Phi) is 4.92. The second kappa shape index (κ2) is 7.11. The Balaban J connectivity index is 2.08. The summed E-state index contributed by atoms with van der Waals surface area (Å²) in [6, 6.07) is 13.6. The second-order valence-electron chi connectivity index (χ2n) is 5.61. The Morgan fingerprint density at radius 2 is 1.92 bits per heavy atom. The number of nitrogens with zero attached hydrogens (tertiary/aromatic N) is 2. The van der Waals surface area contributed by atoms with E-state index in [1.54, 1.807) is 7.11 Å². The van der Waals surface area contributed by atoms with Crippen LogP contribution >= 0.6 is 11.3 Å². The first-order chi connectivity index (χ1) is 11.6. The summed E-state index contributed by atoms with van der Waals surface area (Å²) in [4.78, 5) is 19.1. The molecule has 3 aromatic rings. The van der Waals surface area contributed by atoms with Gasteiger partial charge >= 0.3 is 0 Å². The monoisotopic (exact) mass is 340 g/mol. The molecular weight excluding hydrogens is 320 g/mol. The molecule has 0 fully saturated rings. The van der Waals surface area contributed by atoms with E-state index in [2.05, 4.69) is 4.99 Å². The van der Waals surface area contributed by atoms with Crippen LogP contribution in [0.2, 0.25) is 0 Å². The summed E-state index contributed by atoms with van der Waals surface area (Å²) in [5, 5.41) is 1.98. The van der Waals surface area contributed by atoms with Crippen molar-refractivity contribution >= 4 is 28.0 Å². The Labute approximate surface area is 145 Å². The zero-order chi connectivity index (χ0) is 17.1. The highest BCUT2D eigenvalue weighted by atomic mass is 32.1. The number of aromatic nitrogens is 1. The van der Waals surface area contributed by atoms with Gasteiger partial charge in [0.15, 0.2) is 4.80 Å². The first kappa shape index (κ1) is 16.6. The molecule has 0 saturated carbocycles. The van der Waals surface area contributed by atoms with Crippen molar-refractivity contribution in [2.45, 2.75) is 20.4 Å². The van der Waals surface area contributed by atoms with Crippen molar-refractivity contribution in [1.82, 2.24) is 4.57 Å². The van der Waals surface area contributed by atoms with Gasteiger partial charge < -0.3 is 9.30 Å². The van der Waals surface area contributed by atoms with E-state index in [9.17, 15) is 4.79 Å². The molecule has 3 rings (SSSR count). The molecule has 4 nitrogen and oxygen atoms in total. The zero-order valence-corrected chi connectivity index (χ0v) is 14.9. The summed E-state index contributed by atoms with van der Waals surface area (Å²) < 4.78 is 7.22. The van der Waals surface area contributed by atoms with Crippen LogP contribution in [0.15, 0.2) is 47.5 Å². The van der Waals surface area contributed by atoms with Crippen molar-refractivity contribution in [2.75, 3.05) is 13.7 Å². The highest BCUT2D eigenvalue weighted by Crippen LogP contribution is 2.19. The van der Waals surface area contributed by atoms with Crippen LogP contribution < -0.4 is 4.80 Å². The van der Waals surface area contributed by atoms with Gasteiger partial charge in [-0.2, -0.15) is 4.99 Å². The van der Waals surface area contributed by atoms with Crippen molar-refractivity contribution in [1.29, 1.82) is 0 Å². The van der Waals surface area contributed by atoms with Gasteiger partial charge in [0.25, 0.3) is 5.91 Å². The topological polar surface area (TPSA) is 43.6 Å². The van der Waals surface area contributed by atoms with E-state index >= 15 is 0 Å². The fraction of sp³-hybridized carbons (Fsp3) is 0.263. The number of hydrogen-bond acceptors (Lipinski definition) is 3. The number of rotatable bonds is 4. The maximum absolute atomic E-state index is 12.8. The predicted octanol–water partition coefficient (Wildman–Crippen LogP) is 3.71. The van der Waals surface area contributed by atoms with Gasteiger partial charge in [-0.3, -0.25) is 4.79 Å². The lowest BCUT2D eigenvalue weighted by atomic mass is 10.0. The molecule has 0 saturated heterocycles. The number of fused-ring (bicyclic) bond motifs is 1. The van der Waals surface area contributed by atoms with Crippen LogP contribution in [-0.4, -0.2) is 24.2 Å². The maximum Gasteiger partial charge on any atom is 0.280 e. The van der Waals surface area contributed by atoms with E-state index in [-0.39, 0.29) is 5.91 Å². The van der Waals surface area contributed by atoms with Crippen molar-refractivity contribution in [3.8, 4) is 0 Å². The van der Waals surface area contributed by atoms with E-state index in [4.69, 9.17) is 4.74 Å². The van der Waals surface area contributed by atoms with Gasteiger partial charge in [0.2, 0.25) is 0 Å². The summed E-state index contributed by atoms with van der Waals surface area (Å²) in [5.74, 6) is -0.209. The van der Waals surface area contributed by atoms with E-state index < -0.39 is 0 Å². The number of hydrogen-bond donors (Lipinski definition) is 0. The lowest BCUT2D eigenvalue weighted by molar-refractivity contribution is 0.0998. The highest BCUT2D eigenvalue weighted by Gasteiger charge is 2.11. The lowest BCUT2D eigenvalue weighted by Crippen LogP contribution is -2.20. The van der Waals surface area contributed by atoms with Crippen molar-refractivity contribution in [2.24, 2.45) is 4.99 Å². The molecule has 0 aliphatic carbocycles. The molecule has 24 heavy (non-hydrogen) atoms.